The first-order valence-corrected chi connectivity index (χ1v) is 8.56. The van der Waals surface area contributed by atoms with Crippen LogP contribution in [0.5, 0.6) is 0 Å². The topological polar surface area (TPSA) is 78.9 Å². The number of rotatable bonds is 7. The summed E-state index contributed by atoms with van der Waals surface area (Å²) in [6.07, 6.45) is 3.08. The molecule has 0 aromatic heterocycles. The molecule has 0 unspecified atom stereocenters. The molecular formula is C18H26O6. The smallest absolute Gasteiger partial charge is 0.324 e. The van der Waals surface area contributed by atoms with Crippen LogP contribution in [0.3, 0.4) is 0 Å². The average Bonchev–Trinajstić information content (AvgIpc) is 3.04. The van der Waals surface area contributed by atoms with Crippen molar-refractivity contribution in [1.29, 1.82) is 0 Å². The van der Waals surface area contributed by atoms with Crippen molar-refractivity contribution in [3.05, 3.63) is 11.6 Å². The van der Waals surface area contributed by atoms with E-state index >= 15 is 0 Å². The van der Waals surface area contributed by atoms with E-state index in [9.17, 15) is 14.4 Å². The van der Waals surface area contributed by atoms with Gasteiger partial charge in [0.2, 0.25) is 0 Å². The maximum Gasteiger partial charge on any atom is 0.324 e. The molecule has 0 aromatic carbocycles. The Bertz CT molecular complexity index is 546. The first-order valence-electron chi connectivity index (χ1n) is 8.56. The van der Waals surface area contributed by atoms with Gasteiger partial charge in [-0.3, -0.25) is 14.4 Å². The van der Waals surface area contributed by atoms with E-state index in [1.54, 1.807) is 20.8 Å². The lowest BCUT2D eigenvalue weighted by Gasteiger charge is -2.25. The minimum Gasteiger partial charge on any atom is -0.466 e. The van der Waals surface area contributed by atoms with E-state index in [-0.39, 0.29) is 43.4 Å². The summed E-state index contributed by atoms with van der Waals surface area (Å²) in [5.41, 5.74) is -0.708. The Morgan fingerprint density at radius 2 is 1.58 bits per heavy atom. The summed E-state index contributed by atoms with van der Waals surface area (Å²) in [5.74, 6) is -1.52. The molecule has 2 aliphatic rings. The Balaban J connectivity index is 2.16. The summed E-state index contributed by atoms with van der Waals surface area (Å²) in [6.45, 7) is 7.93. The van der Waals surface area contributed by atoms with Gasteiger partial charge >= 0.3 is 17.9 Å². The quantitative estimate of drug-likeness (QED) is 0.307. The zero-order valence-corrected chi connectivity index (χ0v) is 14.8. The predicted octanol–water partition coefficient (Wildman–Crippen LogP) is 2.41. The minimum absolute atomic E-state index is 0.205. The molecule has 0 bridgehead atoms. The normalized spacial score (nSPS) is 27.2. The van der Waals surface area contributed by atoms with E-state index in [2.05, 4.69) is 0 Å². The molecule has 6 nitrogen and oxygen atoms in total. The number of hydrogen-bond acceptors (Lipinski definition) is 6. The van der Waals surface area contributed by atoms with Crippen molar-refractivity contribution in [3.63, 3.8) is 0 Å². The molecule has 0 saturated heterocycles. The Kier molecular flexibility index (Phi) is 5.35. The molecule has 134 valence electrons. The molecule has 0 aromatic rings. The number of carbonyl (C=O) groups excluding carboxylic acids is 3. The largest absolute Gasteiger partial charge is 0.466 e. The number of esters is 3. The van der Waals surface area contributed by atoms with Crippen molar-refractivity contribution >= 4 is 17.9 Å². The van der Waals surface area contributed by atoms with Crippen molar-refractivity contribution in [3.8, 4) is 0 Å². The van der Waals surface area contributed by atoms with Gasteiger partial charge in [-0.25, -0.2) is 0 Å². The van der Waals surface area contributed by atoms with E-state index < -0.39 is 17.4 Å². The van der Waals surface area contributed by atoms with Gasteiger partial charge in [0.15, 0.2) is 5.41 Å². The van der Waals surface area contributed by atoms with Gasteiger partial charge < -0.3 is 14.2 Å². The van der Waals surface area contributed by atoms with Crippen LogP contribution in [0.1, 0.15) is 47.0 Å². The van der Waals surface area contributed by atoms with Crippen LogP contribution in [-0.4, -0.2) is 37.7 Å². The Hall–Kier alpha value is -1.85. The third-order valence-corrected chi connectivity index (χ3v) is 5.06. The predicted molar refractivity (Wildman–Crippen MR) is 85.9 cm³/mol. The summed E-state index contributed by atoms with van der Waals surface area (Å²) < 4.78 is 15.3. The molecule has 2 aliphatic carbocycles. The molecule has 2 rings (SSSR count). The van der Waals surface area contributed by atoms with E-state index in [4.69, 9.17) is 14.2 Å². The van der Waals surface area contributed by atoms with E-state index in [1.165, 1.54) is 0 Å². The highest BCUT2D eigenvalue weighted by molar-refractivity contribution is 6.01. The lowest BCUT2D eigenvalue weighted by molar-refractivity contribution is -0.171. The van der Waals surface area contributed by atoms with E-state index in [1.807, 2.05) is 13.0 Å². The monoisotopic (exact) mass is 338 g/mol. The second kappa shape index (κ2) is 6.95. The third-order valence-electron chi connectivity index (χ3n) is 5.06. The number of allylic oxidation sites excluding steroid dienone is 2. The summed E-state index contributed by atoms with van der Waals surface area (Å²) in [6, 6.07) is 0. The fourth-order valence-corrected chi connectivity index (χ4v) is 3.44. The summed E-state index contributed by atoms with van der Waals surface area (Å²) in [4.78, 5) is 36.9. The van der Waals surface area contributed by atoms with Gasteiger partial charge in [0, 0.05) is 5.41 Å². The standard InChI is InChI=1S/C18H26O6/c1-5-22-14(19)13-11-17(13,4)12-8-9-18(10-12,15(20)23-6-2)16(21)24-7-3/h8,13H,5-7,9-11H2,1-4H3/t13-,17+/m0/s1. The SMILES string of the molecule is CCOC(=O)[C@@H]1C[C@]1(C)C1=CCC(C(=O)OCC)(C(=O)OCC)C1. The highest BCUT2D eigenvalue weighted by Gasteiger charge is 2.62. The van der Waals surface area contributed by atoms with Gasteiger partial charge in [-0.1, -0.05) is 18.6 Å². The molecule has 0 heterocycles. The zero-order valence-electron chi connectivity index (χ0n) is 14.8. The van der Waals surface area contributed by atoms with Crippen LogP contribution in [0, 0.1) is 16.7 Å². The lowest BCUT2D eigenvalue weighted by Crippen LogP contribution is -2.40. The second-order valence-corrected chi connectivity index (χ2v) is 6.56. The Morgan fingerprint density at radius 1 is 1.04 bits per heavy atom. The van der Waals surface area contributed by atoms with Crippen molar-refractivity contribution in [2.24, 2.45) is 16.7 Å². The fourth-order valence-electron chi connectivity index (χ4n) is 3.44. The van der Waals surface area contributed by atoms with Crippen LogP contribution in [0.4, 0.5) is 0 Å². The minimum atomic E-state index is -1.31. The van der Waals surface area contributed by atoms with Crippen LogP contribution in [-0.2, 0) is 28.6 Å². The van der Waals surface area contributed by atoms with Crippen LogP contribution < -0.4 is 0 Å². The molecule has 0 aliphatic heterocycles. The van der Waals surface area contributed by atoms with Gasteiger partial charge in [0.1, 0.15) is 0 Å². The van der Waals surface area contributed by atoms with Crippen molar-refractivity contribution < 1.29 is 28.6 Å². The molecule has 1 fully saturated rings. The third kappa shape index (κ3) is 3.06. The summed E-state index contributed by atoms with van der Waals surface area (Å²) in [5, 5.41) is 0. The van der Waals surface area contributed by atoms with E-state index in [0.717, 1.165) is 5.57 Å². The van der Waals surface area contributed by atoms with Gasteiger partial charge in [0.05, 0.1) is 25.7 Å². The van der Waals surface area contributed by atoms with Gasteiger partial charge in [0.25, 0.3) is 0 Å². The summed E-state index contributed by atoms with van der Waals surface area (Å²) in [7, 11) is 0. The van der Waals surface area contributed by atoms with E-state index in [0.29, 0.717) is 13.0 Å². The van der Waals surface area contributed by atoms with Crippen LogP contribution in [0.25, 0.3) is 0 Å². The molecule has 1 saturated carbocycles. The van der Waals surface area contributed by atoms with Crippen LogP contribution in [0.15, 0.2) is 11.6 Å². The molecule has 0 spiro atoms. The molecule has 0 amide bonds. The zero-order chi connectivity index (χ0) is 18.0. The van der Waals surface area contributed by atoms with Gasteiger partial charge in [-0.2, -0.15) is 0 Å². The van der Waals surface area contributed by atoms with Crippen molar-refractivity contribution in [1.82, 2.24) is 0 Å². The first-order chi connectivity index (χ1) is 11.4. The summed E-state index contributed by atoms with van der Waals surface area (Å²) >= 11 is 0. The maximum atomic E-state index is 12.4. The van der Waals surface area contributed by atoms with Crippen molar-refractivity contribution in [2.45, 2.75) is 47.0 Å². The highest BCUT2D eigenvalue weighted by Crippen LogP contribution is 2.62. The van der Waals surface area contributed by atoms with Gasteiger partial charge in [-0.05, 0) is 40.0 Å². The molecular weight excluding hydrogens is 312 g/mol. The fraction of sp³-hybridized carbons (Fsp3) is 0.722. The average molecular weight is 338 g/mol. The number of hydrogen-bond donors (Lipinski definition) is 0. The molecule has 0 radical (unpaired) electrons. The lowest BCUT2D eigenvalue weighted by atomic mass is 9.81. The molecule has 6 heteroatoms. The molecule has 0 N–H and O–H groups in total. The Labute approximate surface area is 142 Å². The second-order valence-electron chi connectivity index (χ2n) is 6.56. The molecule has 2 atom stereocenters. The number of ether oxygens (including phenoxy) is 3. The highest BCUT2D eigenvalue weighted by atomic mass is 16.6. The van der Waals surface area contributed by atoms with Crippen molar-refractivity contribution in [2.75, 3.05) is 19.8 Å². The Morgan fingerprint density at radius 3 is 2.08 bits per heavy atom. The maximum absolute atomic E-state index is 12.4. The van der Waals surface area contributed by atoms with Gasteiger partial charge in [-0.15, -0.1) is 0 Å². The van der Waals surface area contributed by atoms with Crippen LogP contribution >= 0.6 is 0 Å². The van der Waals surface area contributed by atoms with Crippen LogP contribution in [0.2, 0.25) is 0 Å². The first kappa shape index (κ1) is 18.5. The number of carbonyl (C=O) groups is 3. The molecule has 24 heavy (non-hydrogen) atoms.